The van der Waals surface area contributed by atoms with Crippen LogP contribution in [0.3, 0.4) is 0 Å². The zero-order valence-corrected chi connectivity index (χ0v) is 10.2. The van der Waals surface area contributed by atoms with E-state index in [0.717, 1.165) is 23.5 Å². The number of likely N-dealkylation sites (tertiary alicyclic amines) is 1. The highest BCUT2D eigenvalue weighted by atomic mass is 32.1. The van der Waals surface area contributed by atoms with E-state index in [1.807, 2.05) is 0 Å². The molecule has 0 aromatic heterocycles. The van der Waals surface area contributed by atoms with E-state index in [2.05, 4.69) is 24.5 Å². The molecule has 82 valence electrons. The normalized spacial score (nSPS) is 34.7. The molecule has 1 heterocycles. The van der Waals surface area contributed by atoms with E-state index < -0.39 is 0 Å². The summed E-state index contributed by atoms with van der Waals surface area (Å²) in [5, 5.41) is 0. The summed E-state index contributed by atoms with van der Waals surface area (Å²) in [6.07, 6.45) is 5.75. The minimum atomic E-state index is 0.906. The van der Waals surface area contributed by atoms with Crippen molar-refractivity contribution in [1.82, 2.24) is 4.90 Å². The zero-order chi connectivity index (χ0) is 9.97. The molecule has 1 nitrogen and oxygen atoms in total. The smallest absolute Gasteiger partial charge is 0.000712 e. The maximum Gasteiger partial charge on any atom is 0.000712 e. The van der Waals surface area contributed by atoms with Gasteiger partial charge in [0.15, 0.2) is 0 Å². The van der Waals surface area contributed by atoms with Crippen molar-refractivity contribution >= 4 is 12.6 Å². The molecule has 0 amide bonds. The van der Waals surface area contributed by atoms with Crippen LogP contribution in [0.25, 0.3) is 0 Å². The van der Waals surface area contributed by atoms with Gasteiger partial charge in [0.1, 0.15) is 0 Å². The quantitative estimate of drug-likeness (QED) is 0.687. The van der Waals surface area contributed by atoms with Crippen molar-refractivity contribution in [3.8, 4) is 0 Å². The number of nitrogens with zero attached hydrogens (tertiary/aromatic N) is 1. The summed E-state index contributed by atoms with van der Waals surface area (Å²) in [4.78, 5) is 2.64. The summed E-state index contributed by atoms with van der Waals surface area (Å²) in [7, 11) is 0. The molecule has 0 radical (unpaired) electrons. The van der Waals surface area contributed by atoms with Gasteiger partial charge in [-0.15, -0.1) is 0 Å². The van der Waals surface area contributed by atoms with Crippen LogP contribution in [0, 0.1) is 17.8 Å². The SMILES string of the molecule is CC(CC1CC1CS)CN1CCCC1. The van der Waals surface area contributed by atoms with Crippen LogP contribution in [0.15, 0.2) is 0 Å². The fraction of sp³-hybridized carbons (Fsp3) is 1.00. The molecule has 2 heteroatoms. The molecule has 1 aliphatic heterocycles. The van der Waals surface area contributed by atoms with E-state index >= 15 is 0 Å². The standard InChI is InChI=1S/C12H23NS/c1-10(6-11-7-12(11)9-14)8-13-4-2-3-5-13/h10-12,14H,2-9H2,1H3. The molecular weight excluding hydrogens is 190 g/mol. The minimum absolute atomic E-state index is 0.906. The maximum absolute atomic E-state index is 4.37. The molecule has 1 aliphatic carbocycles. The van der Waals surface area contributed by atoms with Crippen molar-refractivity contribution in [2.45, 2.75) is 32.6 Å². The second-order valence-corrected chi connectivity index (χ2v) is 5.65. The Hall–Kier alpha value is 0.310. The summed E-state index contributed by atoms with van der Waals surface area (Å²) in [5.74, 6) is 3.99. The van der Waals surface area contributed by atoms with E-state index in [9.17, 15) is 0 Å². The van der Waals surface area contributed by atoms with Crippen LogP contribution < -0.4 is 0 Å². The fourth-order valence-corrected chi connectivity index (χ4v) is 3.27. The Labute approximate surface area is 93.7 Å². The van der Waals surface area contributed by atoms with E-state index in [0.29, 0.717) is 0 Å². The van der Waals surface area contributed by atoms with E-state index in [4.69, 9.17) is 0 Å². The van der Waals surface area contributed by atoms with Gasteiger partial charge in [-0.05, 0) is 62.3 Å². The summed E-state index contributed by atoms with van der Waals surface area (Å²) in [6.45, 7) is 6.47. The number of thiol groups is 1. The third-order valence-corrected chi connectivity index (χ3v) is 4.25. The number of hydrogen-bond donors (Lipinski definition) is 1. The second kappa shape index (κ2) is 4.89. The molecule has 2 fully saturated rings. The molecule has 0 N–H and O–H groups in total. The van der Waals surface area contributed by atoms with Crippen molar-refractivity contribution in [2.24, 2.45) is 17.8 Å². The van der Waals surface area contributed by atoms with Gasteiger partial charge in [-0.1, -0.05) is 6.92 Å². The average molecular weight is 213 g/mol. The van der Waals surface area contributed by atoms with Gasteiger partial charge in [0.05, 0.1) is 0 Å². The first kappa shape index (κ1) is 10.8. The predicted octanol–water partition coefficient (Wildman–Crippen LogP) is 2.67. The van der Waals surface area contributed by atoms with Crippen LogP contribution in [0.2, 0.25) is 0 Å². The zero-order valence-electron chi connectivity index (χ0n) is 9.28. The van der Waals surface area contributed by atoms with Gasteiger partial charge in [-0.25, -0.2) is 0 Å². The first-order valence-corrected chi connectivity index (χ1v) is 6.76. The molecule has 0 aromatic rings. The van der Waals surface area contributed by atoms with Crippen LogP contribution in [-0.4, -0.2) is 30.3 Å². The van der Waals surface area contributed by atoms with Crippen molar-refractivity contribution in [2.75, 3.05) is 25.4 Å². The summed E-state index contributed by atoms with van der Waals surface area (Å²) in [6, 6.07) is 0. The Bertz CT molecular complexity index is 177. The molecule has 0 bridgehead atoms. The van der Waals surface area contributed by atoms with Crippen molar-refractivity contribution in [3.05, 3.63) is 0 Å². The monoisotopic (exact) mass is 213 g/mol. The molecular formula is C12H23NS. The van der Waals surface area contributed by atoms with Crippen molar-refractivity contribution in [1.29, 1.82) is 0 Å². The largest absolute Gasteiger partial charge is 0.303 e. The third-order valence-electron chi connectivity index (χ3n) is 3.78. The van der Waals surface area contributed by atoms with Crippen LogP contribution in [0.1, 0.15) is 32.6 Å². The Balaban J connectivity index is 1.61. The molecule has 0 aromatic carbocycles. The molecule has 3 unspecified atom stereocenters. The van der Waals surface area contributed by atoms with Gasteiger partial charge in [0.2, 0.25) is 0 Å². The van der Waals surface area contributed by atoms with Gasteiger partial charge < -0.3 is 4.90 Å². The second-order valence-electron chi connectivity index (χ2n) is 5.29. The lowest BCUT2D eigenvalue weighted by Gasteiger charge is -2.20. The molecule has 2 rings (SSSR count). The van der Waals surface area contributed by atoms with Crippen LogP contribution in [-0.2, 0) is 0 Å². The topological polar surface area (TPSA) is 3.24 Å². The lowest BCUT2D eigenvalue weighted by atomic mass is 10.0. The molecule has 1 saturated heterocycles. The average Bonchev–Trinajstić information content (AvgIpc) is 2.69. The fourth-order valence-electron chi connectivity index (χ4n) is 2.82. The minimum Gasteiger partial charge on any atom is -0.303 e. The van der Waals surface area contributed by atoms with E-state index in [-0.39, 0.29) is 0 Å². The first-order valence-electron chi connectivity index (χ1n) is 6.13. The summed E-state index contributed by atoms with van der Waals surface area (Å²) >= 11 is 4.37. The number of rotatable bonds is 5. The highest BCUT2D eigenvalue weighted by Gasteiger charge is 2.36. The molecule has 3 atom stereocenters. The van der Waals surface area contributed by atoms with Crippen LogP contribution in [0.5, 0.6) is 0 Å². The predicted molar refractivity (Wildman–Crippen MR) is 64.9 cm³/mol. The third kappa shape index (κ3) is 2.90. The van der Waals surface area contributed by atoms with Gasteiger partial charge in [-0.3, -0.25) is 0 Å². The lowest BCUT2D eigenvalue weighted by Crippen LogP contribution is -2.25. The molecule has 2 aliphatic rings. The first-order chi connectivity index (χ1) is 6.79. The molecule has 14 heavy (non-hydrogen) atoms. The summed E-state index contributed by atoms with van der Waals surface area (Å²) < 4.78 is 0. The van der Waals surface area contributed by atoms with Crippen molar-refractivity contribution < 1.29 is 0 Å². The Morgan fingerprint density at radius 3 is 2.57 bits per heavy atom. The lowest BCUT2D eigenvalue weighted by molar-refractivity contribution is 0.273. The summed E-state index contributed by atoms with van der Waals surface area (Å²) in [5.41, 5.74) is 0. The van der Waals surface area contributed by atoms with Gasteiger partial charge in [0, 0.05) is 6.54 Å². The maximum atomic E-state index is 4.37. The van der Waals surface area contributed by atoms with Gasteiger partial charge in [-0.2, -0.15) is 12.6 Å². The van der Waals surface area contributed by atoms with E-state index in [1.54, 1.807) is 0 Å². The van der Waals surface area contributed by atoms with Gasteiger partial charge >= 0.3 is 0 Å². The van der Waals surface area contributed by atoms with E-state index in [1.165, 1.54) is 45.3 Å². The van der Waals surface area contributed by atoms with Crippen molar-refractivity contribution in [3.63, 3.8) is 0 Å². The highest BCUT2D eigenvalue weighted by molar-refractivity contribution is 7.80. The Kier molecular flexibility index (Phi) is 3.78. The van der Waals surface area contributed by atoms with Crippen LogP contribution in [0.4, 0.5) is 0 Å². The number of hydrogen-bond acceptors (Lipinski definition) is 2. The van der Waals surface area contributed by atoms with Gasteiger partial charge in [0.25, 0.3) is 0 Å². The Morgan fingerprint density at radius 2 is 2.00 bits per heavy atom. The van der Waals surface area contributed by atoms with Crippen LogP contribution >= 0.6 is 12.6 Å². The highest BCUT2D eigenvalue weighted by Crippen LogP contribution is 2.43. The molecule has 0 spiro atoms. The molecule has 1 saturated carbocycles. The Morgan fingerprint density at radius 1 is 1.29 bits per heavy atom.